The Kier molecular flexibility index (Phi) is 4.21. The number of methoxy groups -OCH3 is 1. The number of ether oxygens (including phenoxy) is 1. The van der Waals surface area contributed by atoms with Crippen molar-refractivity contribution in [3.8, 4) is 17.0 Å². The van der Waals surface area contributed by atoms with E-state index in [4.69, 9.17) is 4.74 Å². The molecule has 1 aliphatic heterocycles. The van der Waals surface area contributed by atoms with Gasteiger partial charge in [-0.25, -0.2) is 13.1 Å². The van der Waals surface area contributed by atoms with Gasteiger partial charge in [0.25, 0.3) is 0 Å². The molecule has 0 N–H and O–H groups in total. The molecule has 0 atom stereocenters. The zero-order valence-electron chi connectivity index (χ0n) is 14.2. The summed E-state index contributed by atoms with van der Waals surface area (Å²) in [5.74, 6) is 0.520. The molecule has 1 saturated heterocycles. The molecule has 4 rings (SSSR count). The third-order valence-corrected chi connectivity index (χ3v) is 6.29. The van der Waals surface area contributed by atoms with E-state index in [2.05, 4.69) is 10.3 Å². The zero-order valence-corrected chi connectivity index (χ0v) is 15.0. The molecule has 134 valence electrons. The van der Waals surface area contributed by atoms with Gasteiger partial charge in [-0.15, -0.1) is 5.10 Å². The summed E-state index contributed by atoms with van der Waals surface area (Å²) in [6, 6.07) is 16.3. The van der Waals surface area contributed by atoms with E-state index in [9.17, 15) is 8.42 Å². The van der Waals surface area contributed by atoms with Gasteiger partial charge < -0.3 is 4.74 Å². The van der Waals surface area contributed by atoms with Crippen molar-refractivity contribution in [2.45, 2.75) is 10.9 Å². The Morgan fingerprint density at radius 2 is 1.85 bits per heavy atom. The predicted molar refractivity (Wildman–Crippen MR) is 96.2 cm³/mol. The normalized spacial score (nSPS) is 15.6. The Morgan fingerprint density at radius 1 is 1.08 bits per heavy atom. The van der Waals surface area contributed by atoms with E-state index < -0.39 is 10.0 Å². The average molecular weight is 370 g/mol. The highest BCUT2D eigenvalue weighted by molar-refractivity contribution is 7.89. The SMILES string of the molecule is COc1cccc(S(=O)(=O)N2CC(n3cc(-c4ccccc4)nn3)C2)c1. The Balaban J connectivity index is 1.47. The first-order chi connectivity index (χ1) is 12.6. The Labute approximate surface area is 151 Å². The van der Waals surface area contributed by atoms with Crippen LogP contribution in [0.25, 0.3) is 11.3 Å². The molecular formula is C18H18N4O3S. The van der Waals surface area contributed by atoms with Gasteiger partial charge in [-0.05, 0) is 12.1 Å². The van der Waals surface area contributed by atoms with Crippen molar-refractivity contribution in [3.63, 3.8) is 0 Å². The fourth-order valence-corrected chi connectivity index (χ4v) is 4.44. The average Bonchev–Trinajstić information content (AvgIpc) is 3.10. The summed E-state index contributed by atoms with van der Waals surface area (Å²) in [5, 5.41) is 8.34. The van der Waals surface area contributed by atoms with Gasteiger partial charge in [-0.2, -0.15) is 4.31 Å². The summed E-state index contributed by atoms with van der Waals surface area (Å²) in [5.41, 5.74) is 1.76. The number of hydrogen-bond donors (Lipinski definition) is 0. The van der Waals surface area contributed by atoms with Crippen molar-refractivity contribution >= 4 is 10.0 Å². The summed E-state index contributed by atoms with van der Waals surface area (Å²) in [6.45, 7) is 0.744. The van der Waals surface area contributed by atoms with E-state index in [-0.39, 0.29) is 10.9 Å². The van der Waals surface area contributed by atoms with E-state index in [1.807, 2.05) is 36.5 Å². The molecule has 0 amide bonds. The number of rotatable bonds is 5. The quantitative estimate of drug-likeness (QED) is 0.688. The van der Waals surface area contributed by atoms with Gasteiger partial charge in [0.05, 0.1) is 24.2 Å². The van der Waals surface area contributed by atoms with Crippen LogP contribution in [0.2, 0.25) is 0 Å². The zero-order chi connectivity index (χ0) is 18.1. The van der Waals surface area contributed by atoms with Crippen LogP contribution in [-0.4, -0.2) is 47.9 Å². The fourth-order valence-electron chi connectivity index (χ4n) is 2.89. The number of sulfonamides is 1. The van der Waals surface area contributed by atoms with Gasteiger partial charge in [0.2, 0.25) is 10.0 Å². The lowest BCUT2D eigenvalue weighted by Gasteiger charge is -2.37. The molecule has 1 aromatic heterocycles. The Morgan fingerprint density at radius 3 is 2.58 bits per heavy atom. The molecule has 7 nitrogen and oxygen atoms in total. The van der Waals surface area contributed by atoms with Crippen LogP contribution in [0.15, 0.2) is 65.7 Å². The smallest absolute Gasteiger partial charge is 0.243 e. The minimum absolute atomic E-state index is 0.0136. The van der Waals surface area contributed by atoms with Crippen LogP contribution in [-0.2, 0) is 10.0 Å². The van der Waals surface area contributed by atoms with Crippen molar-refractivity contribution in [1.29, 1.82) is 0 Å². The molecule has 0 unspecified atom stereocenters. The molecule has 0 aliphatic carbocycles. The van der Waals surface area contributed by atoms with Crippen molar-refractivity contribution in [1.82, 2.24) is 19.3 Å². The van der Waals surface area contributed by atoms with Gasteiger partial charge in [0.1, 0.15) is 11.4 Å². The monoisotopic (exact) mass is 370 g/mol. The molecule has 0 spiro atoms. The number of aromatic nitrogens is 3. The highest BCUT2D eigenvalue weighted by Crippen LogP contribution is 2.30. The number of nitrogens with zero attached hydrogens (tertiary/aromatic N) is 4. The van der Waals surface area contributed by atoms with Gasteiger partial charge in [0.15, 0.2) is 0 Å². The Bertz CT molecular complexity index is 1010. The number of benzene rings is 2. The van der Waals surface area contributed by atoms with Gasteiger partial charge >= 0.3 is 0 Å². The van der Waals surface area contributed by atoms with Crippen LogP contribution in [0.1, 0.15) is 6.04 Å². The molecule has 0 radical (unpaired) electrons. The standard InChI is InChI=1S/C18H18N4O3S/c1-25-16-8-5-9-17(10-16)26(23,24)21-11-15(12-21)22-13-18(19-20-22)14-6-3-2-4-7-14/h2-10,13,15H,11-12H2,1H3. The second-order valence-electron chi connectivity index (χ2n) is 6.10. The molecule has 3 aromatic rings. The van der Waals surface area contributed by atoms with Gasteiger partial charge in [-0.1, -0.05) is 41.6 Å². The lowest BCUT2D eigenvalue weighted by atomic mass is 10.1. The topological polar surface area (TPSA) is 77.3 Å². The van der Waals surface area contributed by atoms with Crippen molar-refractivity contribution in [3.05, 3.63) is 60.8 Å². The van der Waals surface area contributed by atoms with E-state index in [1.165, 1.54) is 17.5 Å². The van der Waals surface area contributed by atoms with Crippen molar-refractivity contribution < 1.29 is 13.2 Å². The third kappa shape index (κ3) is 2.97. The van der Waals surface area contributed by atoms with Crippen LogP contribution in [0.5, 0.6) is 5.75 Å². The van der Waals surface area contributed by atoms with E-state index in [1.54, 1.807) is 22.9 Å². The molecule has 8 heteroatoms. The predicted octanol–water partition coefficient (Wildman–Crippen LogP) is 2.20. The van der Waals surface area contributed by atoms with E-state index in [0.717, 1.165) is 11.3 Å². The molecule has 26 heavy (non-hydrogen) atoms. The van der Waals surface area contributed by atoms with Crippen molar-refractivity contribution in [2.24, 2.45) is 0 Å². The van der Waals surface area contributed by atoms with E-state index >= 15 is 0 Å². The first-order valence-electron chi connectivity index (χ1n) is 8.19. The van der Waals surface area contributed by atoms with Crippen molar-refractivity contribution in [2.75, 3.05) is 20.2 Å². The first-order valence-corrected chi connectivity index (χ1v) is 9.63. The number of hydrogen-bond acceptors (Lipinski definition) is 5. The summed E-state index contributed by atoms with van der Waals surface area (Å²) < 4.78 is 33.7. The second-order valence-corrected chi connectivity index (χ2v) is 8.04. The maximum absolute atomic E-state index is 12.7. The molecule has 2 heterocycles. The lowest BCUT2D eigenvalue weighted by molar-refractivity contribution is 0.189. The second kappa shape index (κ2) is 6.54. The van der Waals surface area contributed by atoms with Crippen LogP contribution in [0, 0.1) is 0 Å². The Hall–Kier alpha value is -2.71. The van der Waals surface area contributed by atoms with Crippen LogP contribution >= 0.6 is 0 Å². The molecular weight excluding hydrogens is 352 g/mol. The fraction of sp³-hybridized carbons (Fsp3) is 0.222. The summed E-state index contributed by atoms with van der Waals surface area (Å²) >= 11 is 0. The minimum Gasteiger partial charge on any atom is -0.497 e. The first kappa shape index (κ1) is 16.7. The van der Waals surface area contributed by atoms with Gasteiger partial charge in [-0.3, -0.25) is 0 Å². The largest absolute Gasteiger partial charge is 0.497 e. The molecule has 0 saturated carbocycles. The summed E-state index contributed by atoms with van der Waals surface area (Å²) in [6.07, 6.45) is 1.86. The molecule has 0 bridgehead atoms. The maximum Gasteiger partial charge on any atom is 0.243 e. The minimum atomic E-state index is -3.53. The van der Waals surface area contributed by atoms with Crippen LogP contribution in [0.3, 0.4) is 0 Å². The molecule has 1 fully saturated rings. The van der Waals surface area contributed by atoms with Crippen LogP contribution < -0.4 is 4.74 Å². The summed E-state index contributed by atoms with van der Waals surface area (Å²) in [7, 11) is -2.01. The molecule has 2 aromatic carbocycles. The van der Waals surface area contributed by atoms with Crippen LogP contribution in [0.4, 0.5) is 0 Å². The highest BCUT2D eigenvalue weighted by Gasteiger charge is 2.38. The summed E-state index contributed by atoms with van der Waals surface area (Å²) in [4.78, 5) is 0.235. The maximum atomic E-state index is 12.7. The molecule has 1 aliphatic rings. The third-order valence-electron chi connectivity index (χ3n) is 4.46. The lowest BCUT2D eigenvalue weighted by Crippen LogP contribution is -2.50. The van der Waals surface area contributed by atoms with E-state index in [0.29, 0.717) is 18.8 Å². The highest BCUT2D eigenvalue weighted by atomic mass is 32.2. The van der Waals surface area contributed by atoms with Gasteiger partial charge in [0, 0.05) is 24.7 Å².